The zero-order valence-electron chi connectivity index (χ0n) is 10.4. The van der Waals surface area contributed by atoms with E-state index in [0.29, 0.717) is 13.1 Å². The lowest BCUT2D eigenvalue weighted by Gasteiger charge is -2.17. The third-order valence-corrected chi connectivity index (χ3v) is 4.24. The van der Waals surface area contributed by atoms with Crippen LogP contribution in [0.4, 0.5) is 8.78 Å². The van der Waals surface area contributed by atoms with E-state index in [1.807, 2.05) is 41.3 Å². The Labute approximate surface area is 119 Å². The molecule has 19 heavy (non-hydrogen) atoms. The van der Waals surface area contributed by atoms with Crippen LogP contribution in [0.1, 0.15) is 12.0 Å². The molecule has 2 aromatic rings. The zero-order valence-corrected chi connectivity index (χ0v) is 12.0. The van der Waals surface area contributed by atoms with Crippen molar-refractivity contribution in [3.63, 3.8) is 0 Å². The number of rotatable bonds is 2. The zero-order chi connectivity index (χ0) is 13.5. The van der Waals surface area contributed by atoms with Gasteiger partial charge in [0.1, 0.15) is 0 Å². The molecule has 0 N–H and O–H groups in total. The van der Waals surface area contributed by atoms with E-state index < -0.39 is 5.92 Å². The Kier molecular flexibility index (Phi) is 3.31. The van der Waals surface area contributed by atoms with Crippen molar-refractivity contribution < 1.29 is 8.78 Å². The molecule has 2 aromatic carbocycles. The predicted molar refractivity (Wildman–Crippen MR) is 76.5 cm³/mol. The average Bonchev–Trinajstić information content (AvgIpc) is 2.69. The van der Waals surface area contributed by atoms with Gasteiger partial charge in [-0.25, -0.2) is 8.78 Å². The van der Waals surface area contributed by atoms with Crippen molar-refractivity contribution in [2.45, 2.75) is 18.9 Å². The van der Waals surface area contributed by atoms with Crippen LogP contribution < -0.4 is 0 Å². The molecule has 0 spiro atoms. The van der Waals surface area contributed by atoms with Crippen molar-refractivity contribution in [2.75, 3.05) is 13.1 Å². The molecule has 1 nitrogen and oxygen atoms in total. The SMILES string of the molecule is FC1(F)CCN(Cc2cccc3cccc(Br)c23)C1. The van der Waals surface area contributed by atoms with Crippen molar-refractivity contribution in [3.8, 4) is 0 Å². The van der Waals surface area contributed by atoms with Crippen LogP contribution in [0.5, 0.6) is 0 Å². The maximum atomic E-state index is 13.2. The number of hydrogen-bond acceptors (Lipinski definition) is 1. The summed E-state index contributed by atoms with van der Waals surface area (Å²) in [7, 11) is 0. The quantitative estimate of drug-likeness (QED) is 0.788. The first kappa shape index (κ1) is 13.0. The molecule has 0 unspecified atom stereocenters. The van der Waals surface area contributed by atoms with Gasteiger partial charge in [-0.05, 0) is 17.0 Å². The van der Waals surface area contributed by atoms with Crippen LogP contribution in [0.25, 0.3) is 10.8 Å². The number of hydrogen-bond donors (Lipinski definition) is 0. The molecule has 4 heteroatoms. The number of alkyl halides is 2. The Morgan fingerprint density at radius 1 is 1.16 bits per heavy atom. The summed E-state index contributed by atoms with van der Waals surface area (Å²) in [5.41, 5.74) is 1.10. The van der Waals surface area contributed by atoms with Crippen LogP contribution >= 0.6 is 15.9 Å². The smallest absolute Gasteiger partial charge is 0.261 e. The van der Waals surface area contributed by atoms with Crippen LogP contribution in [-0.2, 0) is 6.54 Å². The van der Waals surface area contributed by atoms with Gasteiger partial charge in [0.05, 0.1) is 6.54 Å². The third-order valence-electron chi connectivity index (χ3n) is 3.58. The highest BCUT2D eigenvalue weighted by molar-refractivity contribution is 9.10. The van der Waals surface area contributed by atoms with E-state index >= 15 is 0 Å². The largest absolute Gasteiger partial charge is 0.293 e. The van der Waals surface area contributed by atoms with Gasteiger partial charge >= 0.3 is 0 Å². The highest BCUT2D eigenvalue weighted by Gasteiger charge is 2.38. The van der Waals surface area contributed by atoms with Gasteiger partial charge < -0.3 is 0 Å². The van der Waals surface area contributed by atoms with Gasteiger partial charge in [-0.2, -0.15) is 0 Å². The lowest BCUT2D eigenvalue weighted by molar-refractivity contribution is 0.0115. The summed E-state index contributed by atoms with van der Waals surface area (Å²) >= 11 is 3.55. The lowest BCUT2D eigenvalue weighted by Crippen LogP contribution is -2.24. The topological polar surface area (TPSA) is 3.24 Å². The number of likely N-dealkylation sites (tertiary alicyclic amines) is 1. The van der Waals surface area contributed by atoms with E-state index in [1.54, 1.807) is 0 Å². The lowest BCUT2D eigenvalue weighted by atomic mass is 10.0. The molecule has 0 aromatic heterocycles. The predicted octanol–water partition coefficient (Wildman–Crippen LogP) is 4.44. The van der Waals surface area contributed by atoms with Crippen molar-refractivity contribution in [2.24, 2.45) is 0 Å². The normalized spacial score (nSPS) is 19.1. The van der Waals surface area contributed by atoms with Crippen molar-refractivity contribution in [1.29, 1.82) is 0 Å². The molecule has 1 aliphatic rings. The fraction of sp³-hybridized carbons (Fsp3) is 0.333. The molecule has 3 rings (SSSR count). The van der Waals surface area contributed by atoms with E-state index in [2.05, 4.69) is 15.9 Å². The molecule has 0 bridgehead atoms. The fourth-order valence-electron chi connectivity index (χ4n) is 2.68. The van der Waals surface area contributed by atoms with Crippen LogP contribution in [0.3, 0.4) is 0 Å². The molecule has 1 saturated heterocycles. The van der Waals surface area contributed by atoms with E-state index in [0.717, 1.165) is 20.8 Å². The molecule has 100 valence electrons. The van der Waals surface area contributed by atoms with Crippen LogP contribution in [0.15, 0.2) is 40.9 Å². The highest BCUT2D eigenvalue weighted by Crippen LogP contribution is 2.31. The molecule has 1 heterocycles. The van der Waals surface area contributed by atoms with Crippen LogP contribution in [0, 0.1) is 0 Å². The number of benzene rings is 2. The first-order valence-electron chi connectivity index (χ1n) is 6.31. The molecule has 1 aliphatic heterocycles. The first-order valence-corrected chi connectivity index (χ1v) is 7.11. The van der Waals surface area contributed by atoms with E-state index in [4.69, 9.17) is 0 Å². The van der Waals surface area contributed by atoms with Gasteiger partial charge in [0.15, 0.2) is 0 Å². The summed E-state index contributed by atoms with van der Waals surface area (Å²) in [6.45, 7) is 0.914. The van der Waals surface area contributed by atoms with E-state index in [-0.39, 0.29) is 13.0 Å². The first-order chi connectivity index (χ1) is 9.05. The van der Waals surface area contributed by atoms with Gasteiger partial charge in [-0.15, -0.1) is 0 Å². The second-order valence-electron chi connectivity index (χ2n) is 5.07. The molecule has 0 radical (unpaired) electrons. The molecule has 0 aliphatic carbocycles. The Balaban J connectivity index is 1.93. The van der Waals surface area contributed by atoms with Gasteiger partial charge in [0.25, 0.3) is 5.92 Å². The Bertz CT molecular complexity index is 607. The Morgan fingerprint density at radius 2 is 1.89 bits per heavy atom. The third kappa shape index (κ3) is 2.65. The van der Waals surface area contributed by atoms with Crippen LogP contribution in [0.2, 0.25) is 0 Å². The van der Waals surface area contributed by atoms with Gasteiger partial charge in [-0.3, -0.25) is 4.90 Å². The second-order valence-corrected chi connectivity index (χ2v) is 5.93. The molecule has 0 atom stereocenters. The molecule has 0 amide bonds. The maximum absolute atomic E-state index is 13.2. The van der Waals surface area contributed by atoms with Crippen molar-refractivity contribution in [3.05, 3.63) is 46.4 Å². The number of halogens is 3. The summed E-state index contributed by atoms with van der Waals surface area (Å²) in [6.07, 6.45) is -0.0288. The second kappa shape index (κ2) is 4.84. The van der Waals surface area contributed by atoms with Crippen molar-refractivity contribution in [1.82, 2.24) is 4.90 Å². The number of fused-ring (bicyclic) bond motifs is 1. The molecule has 0 saturated carbocycles. The van der Waals surface area contributed by atoms with Crippen LogP contribution in [-0.4, -0.2) is 23.9 Å². The molecular weight excluding hydrogens is 312 g/mol. The Morgan fingerprint density at radius 3 is 2.58 bits per heavy atom. The molecular formula is C15H14BrF2N. The van der Waals surface area contributed by atoms with Gasteiger partial charge in [-0.1, -0.05) is 46.3 Å². The summed E-state index contributed by atoms with van der Waals surface area (Å²) < 4.78 is 27.5. The minimum atomic E-state index is -2.53. The van der Waals surface area contributed by atoms with Gasteiger partial charge in [0, 0.05) is 29.4 Å². The summed E-state index contributed by atoms with van der Waals surface area (Å²) in [4.78, 5) is 1.83. The molecule has 1 fully saturated rings. The fourth-order valence-corrected chi connectivity index (χ4v) is 3.32. The Hall–Kier alpha value is -1.00. The van der Waals surface area contributed by atoms with E-state index in [9.17, 15) is 8.78 Å². The van der Waals surface area contributed by atoms with E-state index in [1.165, 1.54) is 0 Å². The monoisotopic (exact) mass is 325 g/mol. The minimum absolute atomic E-state index is 0.0288. The summed E-state index contributed by atoms with van der Waals surface area (Å²) in [5, 5.41) is 2.26. The standard InChI is InChI=1S/C15H14BrF2N/c16-13-6-2-4-11-3-1-5-12(14(11)13)9-19-8-7-15(17,18)10-19/h1-6H,7-10H2. The summed E-state index contributed by atoms with van der Waals surface area (Å²) in [5.74, 6) is -2.53. The van der Waals surface area contributed by atoms with Crippen molar-refractivity contribution >= 4 is 26.7 Å². The maximum Gasteiger partial charge on any atom is 0.261 e. The number of nitrogens with zero attached hydrogens (tertiary/aromatic N) is 1. The minimum Gasteiger partial charge on any atom is -0.293 e. The average molecular weight is 326 g/mol. The highest BCUT2D eigenvalue weighted by atomic mass is 79.9. The summed E-state index contributed by atoms with van der Waals surface area (Å²) in [6, 6.07) is 12.1. The van der Waals surface area contributed by atoms with Gasteiger partial charge in [0.2, 0.25) is 0 Å².